The zero-order valence-electron chi connectivity index (χ0n) is 13.8. The van der Waals surface area contributed by atoms with Crippen molar-refractivity contribution in [3.63, 3.8) is 0 Å². The third-order valence-electron chi connectivity index (χ3n) is 3.97. The Morgan fingerprint density at radius 1 is 1.21 bits per heavy atom. The van der Waals surface area contributed by atoms with Gasteiger partial charge in [-0.25, -0.2) is 9.97 Å². The second-order valence-corrected chi connectivity index (χ2v) is 5.89. The molecule has 1 saturated heterocycles. The highest BCUT2D eigenvalue weighted by molar-refractivity contribution is 5.76. The smallest absolute Gasteiger partial charge is 0.224 e. The van der Waals surface area contributed by atoms with Crippen molar-refractivity contribution in [3.8, 4) is 0 Å². The number of hydrogen-bond donors (Lipinski definition) is 1. The van der Waals surface area contributed by atoms with E-state index in [1.807, 2.05) is 42.2 Å². The van der Waals surface area contributed by atoms with Gasteiger partial charge >= 0.3 is 0 Å². The predicted molar refractivity (Wildman–Crippen MR) is 91.4 cm³/mol. The number of anilines is 1. The van der Waals surface area contributed by atoms with E-state index in [0.717, 1.165) is 5.56 Å². The van der Waals surface area contributed by atoms with Crippen molar-refractivity contribution < 1.29 is 9.53 Å². The molecular formula is C18H22N4O2. The molecule has 6 nitrogen and oxygen atoms in total. The molecule has 1 aromatic carbocycles. The topological polar surface area (TPSA) is 67.4 Å². The van der Waals surface area contributed by atoms with E-state index in [4.69, 9.17) is 4.74 Å². The number of nitrogens with zero attached hydrogens (tertiary/aromatic N) is 3. The Morgan fingerprint density at radius 2 is 1.96 bits per heavy atom. The molecule has 0 saturated carbocycles. The van der Waals surface area contributed by atoms with Crippen LogP contribution in [-0.4, -0.2) is 46.5 Å². The lowest BCUT2D eigenvalue weighted by molar-refractivity contribution is -0.144. The van der Waals surface area contributed by atoms with Crippen molar-refractivity contribution in [1.82, 2.24) is 14.9 Å². The van der Waals surface area contributed by atoms with Gasteiger partial charge in [-0.05, 0) is 18.6 Å². The molecule has 1 amide bonds. The summed E-state index contributed by atoms with van der Waals surface area (Å²) in [7, 11) is 0. The Hall–Kier alpha value is -2.47. The minimum absolute atomic E-state index is 0.0262. The SMILES string of the molecule is C[C@H]1CN(C(=O)CCNc2ncccn2)C[C@H](c2ccccc2)O1. The van der Waals surface area contributed by atoms with Crippen LogP contribution in [0.25, 0.3) is 0 Å². The molecule has 2 atom stereocenters. The van der Waals surface area contributed by atoms with Crippen molar-refractivity contribution in [1.29, 1.82) is 0 Å². The van der Waals surface area contributed by atoms with E-state index in [1.165, 1.54) is 0 Å². The summed E-state index contributed by atoms with van der Waals surface area (Å²) in [6.45, 7) is 3.75. The molecule has 1 fully saturated rings. The van der Waals surface area contributed by atoms with Crippen LogP contribution in [0.15, 0.2) is 48.8 Å². The fourth-order valence-electron chi connectivity index (χ4n) is 2.84. The zero-order chi connectivity index (χ0) is 16.8. The van der Waals surface area contributed by atoms with Gasteiger partial charge in [-0.2, -0.15) is 0 Å². The normalized spacial score (nSPS) is 20.6. The molecule has 0 radical (unpaired) electrons. The van der Waals surface area contributed by atoms with Crippen molar-refractivity contribution >= 4 is 11.9 Å². The van der Waals surface area contributed by atoms with Crippen LogP contribution in [0.5, 0.6) is 0 Å². The van der Waals surface area contributed by atoms with Gasteiger partial charge in [0.05, 0.1) is 12.6 Å². The van der Waals surface area contributed by atoms with Crippen LogP contribution in [-0.2, 0) is 9.53 Å². The lowest BCUT2D eigenvalue weighted by Gasteiger charge is -2.37. The van der Waals surface area contributed by atoms with Crippen LogP contribution in [0.4, 0.5) is 5.95 Å². The molecule has 0 aliphatic carbocycles. The molecular weight excluding hydrogens is 304 g/mol. The van der Waals surface area contributed by atoms with E-state index in [0.29, 0.717) is 32.0 Å². The molecule has 3 rings (SSSR count). The molecule has 126 valence electrons. The van der Waals surface area contributed by atoms with Crippen LogP contribution < -0.4 is 5.32 Å². The van der Waals surface area contributed by atoms with E-state index in [-0.39, 0.29) is 18.1 Å². The molecule has 24 heavy (non-hydrogen) atoms. The summed E-state index contributed by atoms with van der Waals surface area (Å²) in [4.78, 5) is 22.6. The number of nitrogens with one attached hydrogen (secondary N) is 1. The lowest BCUT2D eigenvalue weighted by Crippen LogP contribution is -2.46. The maximum Gasteiger partial charge on any atom is 0.224 e. The predicted octanol–water partition coefficient (Wildman–Crippen LogP) is 2.27. The largest absolute Gasteiger partial charge is 0.367 e. The van der Waals surface area contributed by atoms with Gasteiger partial charge in [0.15, 0.2) is 0 Å². The van der Waals surface area contributed by atoms with Crippen molar-refractivity contribution in [2.24, 2.45) is 0 Å². The number of rotatable bonds is 5. The first-order chi connectivity index (χ1) is 11.7. The highest BCUT2D eigenvalue weighted by Crippen LogP contribution is 2.25. The van der Waals surface area contributed by atoms with Crippen LogP contribution in [0.2, 0.25) is 0 Å². The molecule has 1 aliphatic heterocycles. The number of carbonyl (C=O) groups is 1. The standard InChI is InChI=1S/C18H22N4O2/c1-14-12-22(13-16(24-14)15-6-3-2-4-7-15)17(23)8-11-21-18-19-9-5-10-20-18/h2-7,9-10,14,16H,8,11-13H2,1H3,(H,19,20,21)/t14-,16+/m0/s1. The van der Waals surface area contributed by atoms with E-state index < -0.39 is 0 Å². The maximum absolute atomic E-state index is 12.5. The summed E-state index contributed by atoms with van der Waals surface area (Å²) in [5.41, 5.74) is 1.11. The molecule has 1 N–H and O–H groups in total. The Morgan fingerprint density at radius 3 is 2.71 bits per heavy atom. The highest BCUT2D eigenvalue weighted by Gasteiger charge is 2.28. The minimum atomic E-state index is -0.0654. The Bertz CT molecular complexity index is 651. The third kappa shape index (κ3) is 4.29. The first kappa shape index (κ1) is 16.4. The first-order valence-electron chi connectivity index (χ1n) is 8.21. The van der Waals surface area contributed by atoms with Crippen LogP contribution in [0, 0.1) is 0 Å². The minimum Gasteiger partial charge on any atom is -0.367 e. The summed E-state index contributed by atoms with van der Waals surface area (Å²) in [5, 5.41) is 3.07. The second-order valence-electron chi connectivity index (χ2n) is 5.89. The summed E-state index contributed by atoms with van der Waals surface area (Å²) in [6.07, 6.45) is 3.71. The number of ether oxygens (including phenoxy) is 1. The molecule has 6 heteroatoms. The average Bonchev–Trinajstić information content (AvgIpc) is 2.63. The fourth-order valence-corrected chi connectivity index (χ4v) is 2.84. The van der Waals surface area contributed by atoms with Crippen LogP contribution >= 0.6 is 0 Å². The summed E-state index contributed by atoms with van der Waals surface area (Å²) < 4.78 is 6.00. The van der Waals surface area contributed by atoms with Gasteiger partial charge in [-0.15, -0.1) is 0 Å². The molecule has 1 aliphatic rings. The number of carbonyl (C=O) groups excluding carboxylic acids is 1. The molecule has 0 unspecified atom stereocenters. The van der Waals surface area contributed by atoms with Crippen molar-refractivity contribution in [3.05, 3.63) is 54.4 Å². The molecule has 2 aromatic rings. The van der Waals surface area contributed by atoms with Crippen molar-refractivity contribution in [2.45, 2.75) is 25.6 Å². The second kappa shape index (κ2) is 7.88. The average molecular weight is 326 g/mol. The van der Waals surface area contributed by atoms with Gasteiger partial charge in [0.2, 0.25) is 11.9 Å². The van der Waals surface area contributed by atoms with Crippen molar-refractivity contribution in [2.75, 3.05) is 25.0 Å². The van der Waals surface area contributed by atoms with Crippen LogP contribution in [0.3, 0.4) is 0 Å². The van der Waals surface area contributed by atoms with E-state index in [9.17, 15) is 4.79 Å². The molecule has 1 aromatic heterocycles. The van der Waals surface area contributed by atoms with Gasteiger partial charge in [0.25, 0.3) is 0 Å². The van der Waals surface area contributed by atoms with Gasteiger partial charge in [0, 0.05) is 31.9 Å². The number of morpholine rings is 1. The lowest BCUT2D eigenvalue weighted by atomic mass is 10.1. The van der Waals surface area contributed by atoms with E-state index >= 15 is 0 Å². The number of hydrogen-bond acceptors (Lipinski definition) is 5. The summed E-state index contributed by atoms with van der Waals surface area (Å²) in [5.74, 6) is 0.664. The zero-order valence-corrected chi connectivity index (χ0v) is 13.8. The van der Waals surface area contributed by atoms with Gasteiger partial charge in [-0.3, -0.25) is 4.79 Å². The van der Waals surface area contributed by atoms with Gasteiger partial charge in [-0.1, -0.05) is 30.3 Å². The van der Waals surface area contributed by atoms with Gasteiger partial charge < -0.3 is 15.0 Å². The third-order valence-corrected chi connectivity index (χ3v) is 3.97. The first-order valence-corrected chi connectivity index (χ1v) is 8.21. The molecule has 0 bridgehead atoms. The van der Waals surface area contributed by atoms with E-state index in [1.54, 1.807) is 18.5 Å². The summed E-state index contributed by atoms with van der Waals surface area (Å²) in [6, 6.07) is 11.8. The maximum atomic E-state index is 12.5. The Kier molecular flexibility index (Phi) is 5.38. The number of aromatic nitrogens is 2. The Balaban J connectivity index is 1.54. The fraction of sp³-hybridized carbons (Fsp3) is 0.389. The summed E-state index contributed by atoms with van der Waals surface area (Å²) >= 11 is 0. The monoisotopic (exact) mass is 326 g/mol. The highest BCUT2D eigenvalue weighted by atomic mass is 16.5. The Labute approximate surface area is 141 Å². The van der Waals surface area contributed by atoms with E-state index in [2.05, 4.69) is 15.3 Å². The van der Waals surface area contributed by atoms with Gasteiger partial charge in [0.1, 0.15) is 6.10 Å². The quantitative estimate of drug-likeness (QED) is 0.913. The van der Waals surface area contributed by atoms with Crippen LogP contribution in [0.1, 0.15) is 25.0 Å². The number of amides is 1. The molecule has 2 heterocycles. The molecule has 0 spiro atoms. The number of benzene rings is 1.